The highest BCUT2D eigenvalue weighted by molar-refractivity contribution is 6.10. The van der Waals surface area contributed by atoms with Crippen LogP contribution in [0, 0.1) is 0 Å². The molecule has 4 amide bonds. The molecule has 29 heavy (non-hydrogen) atoms. The number of hydrogen-bond donors (Lipinski definition) is 2. The molecule has 156 valence electrons. The summed E-state index contributed by atoms with van der Waals surface area (Å²) in [5.41, 5.74) is 0.484. The van der Waals surface area contributed by atoms with Gasteiger partial charge in [0.15, 0.2) is 0 Å². The first kappa shape index (κ1) is 19.9. The lowest BCUT2D eigenvalue weighted by Gasteiger charge is -2.34. The fourth-order valence-corrected chi connectivity index (χ4v) is 4.91. The van der Waals surface area contributed by atoms with E-state index in [-0.39, 0.29) is 17.9 Å². The first-order chi connectivity index (χ1) is 14.0. The molecule has 0 radical (unpaired) electrons. The van der Waals surface area contributed by atoms with Gasteiger partial charge >= 0.3 is 6.03 Å². The smallest absolute Gasteiger partial charge is 0.325 e. The SMILES string of the molecule is CC(C(=O)NC1CCCN(Cc2ccccc2)C1)N1C(=O)NC2(CCCC2)C1=O. The molecule has 1 spiro atoms. The van der Waals surface area contributed by atoms with Crippen LogP contribution in [0.15, 0.2) is 30.3 Å². The number of nitrogens with zero attached hydrogens (tertiary/aromatic N) is 2. The van der Waals surface area contributed by atoms with E-state index >= 15 is 0 Å². The van der Waals surface area contributed by atoms with Gasteiger partial charge in [-0.2, -0.15) is 0 Å². The Bertz CT molecular complexity index is 776. The molecule has 2 N–H and O–H groups in total. The van der Waals surface area contributed by atoms with Crippen LogP contribution < -0.4 is 10.6 Å². The maximum atomic E-state index is 12.9. The first-order valence-corrected chi connectivity index (χ1v) is 10.7. The molecule has 2 atom stereocenters. The molecule has 0 bridgehead atoms. The standard InChI is InChI=1S/C22H30N4O3/c1-16(26-20(28)22(24-21(26)29)11-5-6-12-22)19(27)23-18-10-7-13-25(15-18)14-17-8-3-2-4-9-17/h2-4,8-9,16,18H,5-7,10-15H2,1H3,(H,23,27)(H,24,29). The summed E-state index contributed by atoms with van der Waals surface area (Å²) in [7, 11) is 0. The average Bonchev–Trinajstić information content (AvgIpc) is 3.27. The maximum Gasteiger partial charge on any atom is 0.325 e. The third kappa shape index (κ3) is 4.01. The van der Waals surface area contributed by atoms with Crippen LogP contribution in [-0.4, -0.2) is 58.4 Å². The Hall–Kier alpha value is -2.41. The van der Waals surface area contributed by atoms with Gasteiger partial charge in [-0.05, 0) is 44.7 Å². The Morgan fingerprint density at radius 3 is 2.66 bits per heavy atom. The lowest BCUT2D eigenvalue weighted by Crippen LogP contribution is -2.54. The predicted octanol–water partition coefficient (Wildman–Crippen LogP) is 2.02. The van der Waals surface area contributed by atoms with Crippen molar-refractivity contribution >= 4 is 17.8 Å². The second-order valence-electron chi connectivity index (χ2n) is 8.64. The third-order valence-electron chi connectivity index (χ3n) is 6.52. The van der Waals surface area contributed by atoms with Crippen LogP contribution in [0.3, 0.4) is 0 Å². The Kier molecular flexibility index (Phi) is 5.58. The molecule has 7 nitrogen and oxygen atoms in total. The lowest BCUT2D eigenvalue weighted by molar-refractivity contribution is -0.138. The van der Waals surface area contributed by atoms with Gasteiger partial charge in [0, 0.05) is 19.1 Å². The monoisotopic (exact) mass is 398 g/mol. The third-order valence-corrected chi connectivity index (χ3v) is 6.52. The molecule has 1 saturated carbocycles. The Morgan fingerprint density at radius 1 is 1.21 bits per heavy atom. The number of amides is 4. The molecule has 2 heterocycles. The number of nitrogens with one attached hydrogen (secondary N) is 2. The summed E-state index contributed by atoms with van der Waals surface area (Å²) in [6.07, 6.45) is 5.12. The Morgan fingerprint density at radius 2 is 1.93 bits per heavy atom. The van der Waals surface area contributed by atoms with E-state index in [9.17, 15) is 14.4 Å². The second-order valence-corrected chi connectivity index (χ2v) is 8.64. The predicted molar refractivity (Wildman–Crippen MR) is 109 cm³/mol. The van der Waals surface area contributed by atoms with Gasteiger partial charge in [-0.15, -0.1) is 0 Å². The van der Waals surface area contributed by atoms with E-state index in [1.54, 1.807) is 6.92 Å². The van der Waals surface area contributed by atoms with Gasteiger partial charge in [0.1, 0.15) is 11.6 Å². The number of hydrogen-bond acceptors (Lipinski definition) is 4. The number of piperidine rings is 1. The Balaban J connectivity index is 1.35. The zero-order chi connectivity index (χ0) is 20.4. The molecule has 1 aliphatic carbocycles. The highest BCUT2D eigenvalue weighted by Gasteiger charge is 2.54. The molecule has 0 aromatic heterocycles. The topological polar surface area (TPSA) is 81.8 Å². The fraction of sp³-hybridized carbons (Fsp3) is 0.591. The number of likely N-dealkylation sites (tertiary alicyclic amines) is 1. The zero-order valence-electron chi connectivity index (χ0n) is 17.0. The van der Waals surface area contributed by atoms with Gasteiger partial charge in [-0.3, -0.25) is 14.5 Å². The quantitative estimate of drug-likeness (QED) is 0.744. The van der Waals surface area contributed by atoms with Crippen molar-refractivity contribution in [2.24, 2.45) is 0 Å². The van der Waals surface area contributed by atoms with Gasteiger partial charge in [-0.1, -0.05) is 43.2 Å². The summed E-state index contributed by atoms with van der Waals surface area (Å²) in [4.78, 5) is 41.7. The van der Waals surface area contributed by atoms with E-state index in [0.717, 1.165) is 50.2 Å². The van der Waals surface area contributed by atoms with E-state index < -0.39 is 17.6 Å². The van der Waals surface area contributed by atoms with Crippen molar-refractivity contribution in [3.63, 3.8) is 0 Å². The van der Waals surface area contributed by atoms with Gasteiger partial charge in [0.05, 0.1) is 0 Å². The summed E-state index contributed by atoms with van der Waals surface area (Å²) >= 11 is 0. The van der Waals surface area contributed by atoms with Gasteiger partial charge in [0.25, 0.3) is 5.91 Å². The summed E-state index contributed by atoms with van der Waals surface area (Å²) in [5.74, 6) is -0.493. The van der Waals surface area contributed by atoms with Crippen LogP contribution >= 0.6 is 0 Å². The largest absolute Gasteiger partial charge is 0.350 e. The minimum absolute atomic E-state index is 0.0311. The molecule has 3 aliphatic rings. The molecule has 7 heteroatoms. The van der Waals surface area contributed by atoms with Crippen molar-refractivity contribution in [3.05, 3.63) is 35.9 Å². The zero-order valence-corrected chi connectivity index (χ0v) is 17.0. The lowest BCUT2D eigenvalue weighted by atomic mass is 9.97. The fourth-order valence-electron chi connectivity index (χ4n) is 4.91. The summed E-state index contributed by atoms with van der Waals surface area (Å²) < 4.78 is 0. The van der Waals surface area contributed by atoms with Crippen molar-refractivity contribution in [2.45, 2.75) is 69.6 Å². The summed E-state index contributed by atoms with van der Waals surface area (Å²) in [6, 6.07) is 9.10. The molecule has 4 rings (SSSR count). The van der Waals surface area contributed by atoms with Crippen LogP contribution in [0.1, 0.15) is 51.0 Å². The van der Waals surface area contributed by atoms with Crippen LogP contribution in [0.5, 0.6) is 0 Å². The highest BCUT2D eigenvalue weighted by atomic mass is 16.2. The van der Waals surface area contributed by atoms with E-state index in [1.807, 2.05) is 18.2 Å². The maximum absolute atomic E-state index is 12.9. The number of carbonyl (C=O) groups is 3. The molecular formula is C22H30N4O3. The minimum atomic E-state index is -0.799. The van der Waals surface area contributed by atoms with Crippen LogP contribution in [-0.2, 0) is 16.1 Å². The van der Waals surface area contributed by atoms with E-state index in [2.05, 4.69) is 27.7 Å². The van der Waals surface area contributed by atoms with Crippen LogP contribution in [0.2, 0.25) is 0 Å². The highest BCUT2D eigenvalue weighted by Crippen LogP contribution is 2.35. The molecule has 3 fully saturated rings. The normalized spacial score (nSPS) is 25.3. The molecule has 1 aromatic carbocycles. The van der Waals surface area contributed by atoms with Crippen molar-refractivity contribution in [1.82, 2.24) is 20.4 Å². The summed E-state index contributed by atoms with van der Waals surface area (Å²) in [6.45, 7) is 4.29. The van der Waals surface area contributed by atoms with Crippen molar-refractivity contribution in [1.29, 1.82) is 0 Å². The van der Waals surface area contributed by atoms with Gasteiger partial charge in [0.2, 0.25) is 5.91 Å². The molecule has 2 unspecified atom stereocenters. The van der Waals surface area contributed by atoms with Gasteiger partial charge in [-0.25, -0.2) is 9.69 Å². The number of imide groups is 1. The van der Waals surface area contributed by atoms with E-state index in [4.69, 9.17) is 0 Å². The summed E-state index contributed by atoms with van der Waals surface area (Å²) in [5, 5.41) is 5.93. The van der Waals surface area contributed by atoms with Crippen LogP contribution in [0.4, 0.5) is 4.79 Å². The molecular weight excluding hydrogens is 368 g/mol. The number of benzene rings is 1. The van der Waals surface area contributed by atoms with E-state index in [1.165, 1.54) is 5.56 Å². The molecule has 1 aromatic rings. The first-order valence-electron chi connectivity index (χ1n) is 10.7. The van der Waals surface area contributed by atoms with Crippen molar-refractivity contribution < 1.29 is 14.4 Å². The van der Waals surface area contributed by atoms with E-state index in [0.29, 0.717) is 12.8 Å². The van der Waals surface area contributed by atoms with Crippen LogP contribution in [0.25, 0.3) is 0 Å². The van der Waals surface area contributed by atoms with Crippen molar-refractivity contribution in [2.75, 3.05) is 13.1 Å². The van der Waals surface area contributed by atoms with Crippen molar-refractivity contribution in [3.8, 4) is 0 Å². The number of urea groups is 1. The van der Waals surface area contributed by atoms with Gasteiger partial charge < -0.3 is 10.6 Å². The molecule has 2 aliphatic heterocycles. The molecule has 2 saturated heterocycles. The Labute approximate surface area is 171 Å². The second kappa shape index (κ2) is 8.14. The minimum Gasteiger partial charge on any atom is -0.350 e. The number of carbonyl (C=O) groups excluding carboxylic acids is 3. The average molecular weight is 399 g/mol. The number of rotatable bonds is 5.